The number of hydrogen-bond donors (Lipinski definition) is 1. The Kier molecular flexibility index (Phi) is 6.83. The van der Waals surface area contributed by atoms with E-state index in [-0.39, 0.29) is 5.73 Å². The molecular weight excluding hydrogens is 214 g/mol. The van der Waals surface area contributed by atoms with Gasteiger partial charge in [-0.15, -0.1) is 0 Å². The summed E-state index contributed by atoms with van der Waals surface area (Å²) in [5.41, 5.74) is 5.63. The smallest absolute Gasteiger partial charge is 0.349 e. The zero-order chi connectivity index (χ0) is 11.2. The Bertz CT molecular complexity index is 148. The Morgan fingerprint density at radius 3 is 2.00 bits per heavy atom. The highest BCUT2D eigenvalue weighted by atomic mass is 28.4. The van der Waals surface area contributed by atoms with E-state index >= 15 is 0 Å². The second-order valence-corrected chi connectivity index (χ2v) is 11.1. The molecule has 0 aromatic rings. The molecule has 0 fully saturated rings. The molecule has 1 atom stereocenters. The first-order valence-corrected chi connectivity index (χ1v) is 9.90. The molecular formula is C8H23NO3Si2. The molecule has 0 heterocycles. The molecule has 0 rings (SSSR count). The first kappa shape index (κ1) is 14.3. The average Bonchev–Trinajstić information content (AvgIpc) is 2.04. The van der Waals surface area contributed by atoms with Crippen LogP contribution in [0.3, 0.4) is 0 Å². The number of rotatable bonds is 7. The van der Waals surface area contributed by atoms with Crippen LogP contribution in [-0.2, 0) is 13.3 Å². The topological polar surface area (TPSA) is 53.7 Å². The van der Waals surface area contributed by atoms with Crippen molar-refractivity contribution >= 4 is 17.6 Å². The first-order valence-electron chi connectivity index (χ1n) is 4.88. The van der Waals surface area contributed by atoms with Crippen molar-refractivity contribution in [3.8, 4) is 0 Å². The van der Waals surface area contributed by atoms with Crippen LogP contribution in [0.25, 0.3) is 0 Å². The van der Waals surface area contributed by atoms with Gasteiger partial charge >= 0.3 is 9.28 Å². The van der Waals surface area contributed by atoms with Crippen LogP contribution in [-0.4, -0.2) is 44.1 Å². The molecule has 0 aliphatic rings. The molecule has 0 aromatic carbocycles. The first-order chi connectivity index (χ1) is 6.44. The highest BCUT2D eigenvalue weighted by molar-refractivity contribution is 6.70. The van der Waals surface area contributed by atoms with Crippen LogP contribution in [0.1, 0.15) is 6.42 Å². The minimum atomic E-state index is -1.69. The van der Waals surface area contributed by atoms with Crippen LogP contribution < -0.4 is 5.73 Å². The van der Waals surface area contributed by atoms with E-state index in [1.54, 1.807) is 14.2 Å². The Morgan fingerprint density at radius 1 is 1.21 bits per heavy atom. The van der Waals surface area contributed by atoms with Crippen molar-refractivity contribution in [3.05, 3.63) is 0 Å². The van der Waals surface area contributed by atoms with Crippen LogP contribution in [0.4, 0.5) is 0 Å². The van der Waals surface area contributed by atoms with Crippen molar-refractivity contribution in [2.45, 2.75) is 31.8 Å². The van der Waals surface area contributed by atoms with Gasteiger partial charge in [0.05, 0.1) is 5.73 Å². The van der Waals surface area contributed by atoms with E-state index in [2.05, 4.69) is 19.6 Å². The third-order valence-corrected chi connectivity index (χ3v) is 5.01. The largest absolute Gasteiger partial charge is 0.413 e. The van der Waals surface area contributed by atoms with Gasteiger partial charge in [0.15, 0.2) is 8.32 Å². The van der Waals surface area contributed by atoms with E-state index in [0.29, 0.717) is 6.54 Å². The van der Waals surface area contributed by atoms with Gasteiger partial charge < -0.3 is 19.0 Å². The van der Waals surface area contributed by atoms with E-state index in [0.717, 1.165) is 6.42 Å². The Hall–Kier alpha value is 0.274. The summed E-state index contributed by atoms with van der Waals surface area (Å²) in [4.78, 5) is 0. The maximum Gasteiger partial charge on any atom is 0.349 e. The van der Waals surface area contributed by atoms with Gasteiger partial charge in [-0.2, -0.15) is 0 Å². The second kappa shape index (κ2) is 6.70. The quantitative estimate of drug-likeness (QED) is 0.659. The zero-order valence-corrected chi connectivity index (χ0v) is 12.0. The molecule has 1 unspecified atom stereocenters. The predicted molar refractivity (Wildman–Crippen MR) is 63.1 cm³/mol. The summed E-state index contributed by atoms with van der Waals surface area (Å²) >= 11 is 0. The van der Waals surface area contributed by atoms with Crippen molar-refractivity contribution in [3.63, 3.8) is 0 Å². The molecule has 0 radical (unpaired) electrons. The van der Waals surface area contributed by atoms with E-state index in [1.807, 2.05) is 0 Å². The van der Waals surface area contributed by atoms with Crippen molar-refractivity contribution in [2.75, 3.05) is 20.8 Å². The van der Waals surface area contributed by atoms with Crippen LogP contribution in [0, 0.1) is 0 Å². The molecule has 0 amide bonds. The van der Waals surface area contributed by atoms with E-state index in [9.17, 15) is 0 Å². The molecule has 0 bridgehead atoms. The minimum absolute atomic E-state index is 0.0849. The molecule has 14 heavy (non-hydrogen) atoms. The zero-order valence-electron chi connectivity index (χ0n) is 9.87. The second-order valence-electron chi connectivity index (χ2n) is 4.19. The van der Waals surface area contributed by atoms with E-state index < -0.39 is 17.6 Å². The SMILES string of the molecule is CO[SiH](OC)C(CCN)O[Si](C)(C)C. The lowest BCUT2D eigenvalue weighted by atomic mass is 10.5. The highest BCUT2D eigenvalue weighted by Gasteiger charge is 2.29. The average molecular weight is 237 g/mol. The van der Waals surface area contributed by atoms with Gasteiger partial charge in [-0.3, -0.25) is 0 Å². The van der Waals surface area contributed by atoms with Gasteiger partial charge in [0, 0.05) is 14.2 Å². The van der Waals surface area contributed by atoms with Gasteiger partial charge in [-0.05, 0) is 32.6 Å². The Morgan fingerprint density at radius 2 is 1.71 bits per heavy atom. The molecule has 4 nitrogen and oxygen atoms in total. The standard InChI is InChI=1S/C8H23NO3Si2/c1-10-13(11-2)8(6-7-9)12-14(3,4)5/h8,13H,6-7,9H2,1-5H3. The fraction of sp³-hybridized carbons (Fsp3) is 1.00. The molecule has 0 aliphatic heterocycles. The van der Waals surface area contributed by atoms with Crippen molar-refractivity contribution in [2.24, 2.45) is 5.73 Å². The third kappa shape index (κ3) is 5.89. The lowest BCUT2D eigenvalue weighted by Crippen LogP contribution is -2.45. The highest BCUT2D eigenvalue weighted by Crippen LogP contribution is 2.13. The van der Waals surface area contributed by atoms with Gasteiger partial charge in [-0.25, -0.2) is 0 Å². The van der Waals surface area contributed by atoms with Gasteiger partial charge in [0.25, 0.3) is 0 Å². The fourth-order valence-corrected chi connectivity index (χ4v) is 5.23. The Labute approximate surface area is 89.7 Å². The van der Waals surface area contributed by atoms with E-state index in [4.69, 9.17) is 19.0 Å². The van der Waals surface area contributed by atoms with Gasteiger partial charge in [0.2, 0.25) is 0 Å². The number of hydrogen-bond acceptors (Lipinski definition) is 4. The lowest BCUT2D eigenvalue weighted by molar-refractivity contribution is 0.172. The summed E-state index contributed by atoms with van der Waals surface area (Å²) < 4.78 is 16.6. The summed E-state index contributed by atoms with van der Waals surface area (Å²) in [5, 5.41) is 0. The van der Waals surface area contributed by atoms with Gasteiger partial charge in [0.1, 0.15) is 0 Å². The summed E-state index contributed by atoms with van der Waals surface area (Å²) in [6.45, 7) is 7.10. The summed E-state index contributed by atoms with van der Waals surface area (Å²) in [6, 6.07) is 0. The van der Waals surface area contributed by atoms with Gasteiger partial charge in [-0.1, -0.05) is 0 Å². The summed E-state index contributed by atoms with van der Waals surface area (Å²) in [5.74, 6) is 0. The minimum Gasteiger partial charge on any atom is -0.413 e. The normalized spacial score (nSPS) is 14.8. The molecule has 0 aromatic heterocycles. The monoisotopic (exact) mass is 237 g/mol. The lowest BCUT2D eigenvalue weighted by Gasteiger charge is -2.29. The molecule has 0 aliphatic carbocycles. The maximum absolute atomic E-state index is 5.99. The number of nitrogens with two attached hydrogens (primary N) is 1. The van der Waals surface area contributed by atoms with Crippen molar-refractivity contribution in [1.29, 1.82) is 0 Å². The third-order valence-electron chi connectivity index (χ3n) is 1.72. The molecule has 6 heteroatoms. The van der Waals surface area contributed by atoms with Crippen LogP contribution in [0.15, 0.2) is 0 Å². The molecule has 0 saturated carbocycles. The van der Waals surface area contributed by atoms with E-state index in [1.165, 1.54) is 0 Å². The molecule has 0 spiro atoms. The van der Waals surface area contributed by atoms with Crippen LogP contribution in [0.2, 0.25) is 19.6 Å². The Balaban J connectivity index is 4.26. The fourth-order valence-electron chi connectivity index (χ4n) is 1.27. The molecule has 2 N–H and O–H groups in total. The summed E-state index contributed by atoms with van der Waals surface area (Å²) in [6.07, 6.45) is 0.822. The summed E-state index contributed by atoms with van der Waals surface area (Å²) in [7, 11) is 0.130. The predicted octanol–water partition coefficient (Wildman–Crippen LogP) is 0.608. The molecule has 86 valence electrons. The maximum atomic E-state index is 5.99. The molecule has 0 saturated heterocycles. The van der Waals surface area contributed by atoms with Crippen molar-refractivity contribution < 1.29 is 13.3 Å². The van der Waals surface area contributed by atoms with Crippen molar-refractivity contribution in [1.82, 2.24) is 0 Å². The van der Waals surface area contributed by atoms with Crippen LogP contribution in [0.5, 0.6) is 0 Å². The van der Waals surface area contributed by atoms with Crippen LogP contribution >= 0.6 is 0 Å².